The number of carbonyl (C=O) groups is 1. The summed E-state index contributed by atoms with van der Waals surface area (Å²) in [4.78, 5) is 23.4. The molecule has 20 heavy (non-hydrogen) atoms. The predicted octanol–water partition coefficient (Wildman–Crippen LogP) is 1.47. The summed E-state index contributed by atoms with van der Waals surface area (Å²) >= 11 is 0. The molecule has 0 bridgehead atoms. The molecule has 7 heteroatoms. The van der Waals surface area contributed by atoms with E-state index in [1.165, 1.54) is 20.1 Å². The zero-order chi connectivity index (χ0) is 14.9. The molecule has 1 N–H and O–H groups in total. The maximum absolute atomic E-state index is 13.7. The second-order valence-corrected chi connectivity index (χ2v) is 4.18. The molecule has 2 aromatic rings. The van der Waals surface area contributed by atoms with Crippen LogP contribution in [0.3, 0.4) is 0 Å². The van der Waals surface area contributed by atoms with Gasteiger partial charge >= 0.3 is 5.97 Å². The first-order valence-electron chi connectivity index (χ1n) is 5.77. The number of carbonyl (C=O) groups excluding carboxylic acids is 1. The Morgan fingerprint density at radius 2 is 1.95 bits per heavy atom. The first-order chi connectivity index (χ1) is 9.45. The summed E-state index contributed by atoms with van der Waals surface area (Å²) in [6, 6.07) is 3.28. The molecule has 0 aliphatic rings. The van der Waals surface area contributed by atoms with E-state index in [4.69, 9.17) is 0 Å². The third-order valence-corrected chi connectivity index (χ3v) is 2.90. The number of rotatable bonds is 3. The van der Waals surface area contributed by atoms with Gasteiger partial charge in [-0.05, 0) is 19.1 Å². The van der Waals surface area contributed by atoms with Crippen LogP contribution in [0, 0.1) is 18.6 Å². The molecule has 1 aromatic carbocycles. The van der Waals surface area contributed by atoms with Gasteiger partial charge in [0.05, 0.1) is 19.1 Å². The summed E-state index contributed by atoms with van der Waals surface area (Å²) in [5.41, 5.74) is -0.726. The van der Waals surface area contributed by atoms with Crippen molar-refractivity contribution in [2.75, 3.05) is 7.11 Å². The van der Waals surface area contributed by atoms with Gasteiger partial charge in [-0.3, -0.25) is 14.7 Å². The Labute approximate surface area is 112 Å². The smallest absolute Gasteiger partial charge is 0.310 e. The highest BCUT2D eigenvalue weighted by Gasteiger charge is 2.19. The van der Waals surface area contributed by atoms with Gasteiger partial charge < -0.3 is 4.74 Å². The van der Waals surface area contributed by atoms with Gasteiger partial charge in [-0.2, -0.15) is 0 Å². The van der Waals surface area contributed by atoms with E-state index in [0.29, 0.717) is 5.69 Å². The minimum atomic E-state index is -0.877. The topological polar surface area (TPSA) is 64.1 Å². The lowest BCUT2D eigenvalue weighted by Crippen LogP contribution is -2.21. The summed E-state index contributed by atoms with van der Waals surface area (Å²) in [6.07, 6.45) is -0.263. The molecule has 0 aliphatic heterocycles. The Morgan fingerprint density at radius 1 is 1.35 bits per heavy atom. The number of nitrogens with zero attached hydrogens (tertiary/aromatic N) is 1. The number of benzene rings is 1. The van der Waals surface area contributed by atoms with E-state index >= 15 is 0 Å². The number of aromatic amines is 1. The summed E-state index contributed by atoms with van der Waals surface area (Å²) < 4.78 is 32.6. The number of ether oxygens (including phenoxy) is 1. The fraction of sp³-hybridized carbons (Fsp3) is 0.231. The van der Waals surface area contributed by atoms with Crippen molar-refractivity contribution < 1.29 is 18.3 Å². The normalized spacial score (nSPS) is 10.6. The highest BCUT2D eigenvalue weighted by molar-refractivity contribution is 5.72. The van der Waals surface area contributed by atoms with E-state index in [2.05, 4.69) is 9.84 Å². The van der Waals surface area contributed by atoms with E-state index in [1.54, 1.807) is 0 Å². The number of nitrogens with one attached hydrogen (secondary N) is 1. The Morgan fingerprint density at radius 3 is 2.50 bits per heavy atom. The highest BCUT2D eigenvalue weighted by Crippen LogP contribution is 2.16. The van der Waals surface area contributed by atoms with Crippen LogP contribution in [0.25, 0.3) is 5.69 Å². The average Bonchev–Trinajstić information content (AvgIpc) is 2.66. The second kappa shape index (κ2) is 5.28. The van der Waals surface area contributed by atoms with E-state index < -0.39 is 28.9 Å². The molecule has 106 valence electrons. The summed E-state index contributed by atoms with van der Waals surface area (Å²) in [7, 11) is 1.19. The zero-order valence-electron chi connectivity index (χ0n) is 10.9. The van der Waals surface area contributed by atoms with Crippen molar-refractivity contribution in [1.82, 2.24) is 9.78 Å². The van der Waals surface area contributed by atoms with Crippen LogP contribution < -0.4 is 5.56 Å². The second-order valence-electron chi connectivity index (χ2n) is 4.18. The monoisotopic (exact) mass is 282 g/mol. The zero-order valence-corrected chi connectivity index (χ0v) is 10.9. The molecule has 0 unspecified atom stereocenters. The first-order valence-corrected chi connectivity index (χ1v) is 5.77. The summed E-state index contributed by atoms with van der Waals surface area (Å²) in [5, 5.41) is 2.56. The van der Waals surface area contributed by atoms with Gasteiger partial charge in [-0.1, -0.05) is 6.07 Å². The van der Waals surface area contributed by atoms with Gasteiger partial charge in [0.15, 0.2) is 11.6 Å². The number of hydrogen-bond donors (Lipinski definition) is 1. The molecule has 0 radical (unpaired) electrons. The lowest BCUT2D eigenvalue weighted by molar-refractivity contribution is -0.139. The predicted molar refractivity (Wildman–Crippen MR) is 66.8 cm³/mol. The van der Waals surface area contributed by atoms with E-state index in [-0.39, 0.29) is 12.0 Å². The standard InChI is InChI=1S/C13H12F2N2O3/c1-7-8(6-11(18)20-2)13(19)17(16-7)12-9(14)4-3-5-10(12)15/h3-5,16H,6H2,1-2H3. The van der Waals surface area contributed by atoms with Gasteiger partial charge in [-0.25, -0.2) is 13.5 Å². The Kier molecular flexibility index (Phi) is 3.69. The van der Waals surface area contributed by atoms with Crippen LogP contribution in [-0.4, -0.2) is 22.9 Å². The minimum absolute atomic E-state index is 0.111. The molecular formula is C13H12F2N2O3. The van der Waals surface area contributed by atoms with Gasteiger partial charge in [0.2, 0.25) is 0 Å². The molecule has 0 saturated carbocycles. The Bertz CT molecular complexity index is 699. The van der Waals surface area contributed by atoms with Crippen LogP contribution in [0.5, 0.6) is 0 Å². The fourth-order valence-electron chi connectivity index (χ4n) is 1.87. The average molecular weight is 282 g/mol. The van der Waals surface area contributed by atoms with Gasteiger partial charge in [0, 0.05) is 5.69 Å². The third kappa shape index (κ3) is 2.34. The number of esters is 1. The van der Waals surface area contributed by atoms with Crippen LogP contribution in [0.2, 0.25) is 0 Å². The van der Waals surface area contributed by atoms with Crippen molar-refractivity contribution in [3.63, 3.8) is 0 Å². The number of hydrogen-bond acceptors (Lipinski definition) is 3. The number of methoxy groups -OCH3 is 1. The third-order valence-electron chi connectivity index (χ3n) is 2.90. The molecule has 0 fully saturated rings. The number of aromatic nitrogens is 2. The minimum Gasteiger partial charge on any atom is -0.469 e. The van der Waals surface area contributed by atoms with Crippen LogP contribution in [0.4, 0.5) is 8.78 Å². The van der Waals surface area contributed by atoms with Crippen LogP contribution >= 0.6 is 0 Å². The van der Waals surface area contributed by atoms with Crippen molar-refractivity contribution in [3.05, 3.63) is 51.4 Å². The summed E-state index contributed by atoms with van der Waals surface area (Å²) in [5.74, 6) is -2.36. The molecular weight excluding hydrogens is 270 g/mol. The van der Waals surface area contributed by atoms with Crippen LogP contribution in [0.1, 0.15) is 11.3 Å². The maximum Gasteiger partial charge on any atom is 0.310 e. The first kappa shape index (κ1) is 14.0. The SMILES string of the molecule is COC(=O)Cc1c(C)[nH]n(-c2c(F)cccc2F)c1=O. The summed E-state index contributed by atoms with van der Waals surface area (Å²) in [6.45, 7) is 1.54. The molecule has 0 atom stereocenters. The lowest BCUT2D eigenvalue weighted by atomic mass is 10.2. The molecule has 1 heterocycles. The Balaban J connectivity index is 2.58. The van der Waals surface area contributed by atoms with E-state index in [9.17, 15) is 18.4 Å². The van der Waals surface area contributed by atoms with Crippen LogP contribution in [0.15, 0.2) is 23.0 Å². The van der Waals surface area contributed by atoms with Gasteiger partial charge in [-0.15, -0.1) is 0 Å². The molecule has 5 nitrogen and oxygen atoms in total. The highest BCUT2D eigenvalue weighted by atomic mass is 19.1. The van der Waals surface area contributed by atoms with Crippen molar-refractivity contribution in [3.8, 4) is 5.69 Å². The largest absolute Gasteiger partial charge is 0.469 e. The molecule has 1 aromatic heterocycles. The van der Waals surface area contributed by atoms with Gasteiger partial charge in [0.1, 0.15) is 5.69 Å². The fourth-order valence-corrected chi connectivity index (χ4v) is 1.87. The molecule has 2 rings (SSSR count). The van der Waals surface area contributed by atoms with Crippen LogP contribution in [-0.2, 0) is 16.0 Å². The van der Waals surface area contributed by atoms with Crippen molar-refractivity contribution in [2.45, 2.75) is 13.3 Å². The van der Waals surface area contributed by atoms with Crippen molar-refractivity contribution in [2.24, 2.45) is 0 Å². The van der Waals surface area contributed by atoms with Crippen molar-refractivity contribution in [1.29, 1.82) is 0 Å². The maximum atomic E-state index is 13.7. The Hall–Kier alpha value is -2.44. The van der Waals surface area contributed by atoms with E-state index in [0.717, 1.165) is 16.8 Å². The van der Waals surface area contributed by atoms with Gasteiger partial charge in [0.25, 0.3) is 5.56 Å². The number of H-pyrrole nitrogens is 1. The molecule has 0 amide bonds. The number of halogens is 2. The molecule has 0 spiro atoms. The van der Waals surface area contributed by atoms with Crippen molar-refractivity contribution >= 4 is 5.97 Å². The molecule has 0 saturated heterocycles. The lowest BCUT2D eigenvalue weighted by Gasteiger charge is -2.04. The number of para-hydroxylation sites is 1. The number of aryl methyl sites for hydroxylation is 1. The quantitative estimate of drug-likeness (QED) is 0.867. The molecule has 0 aliphatic carbocycles. The van der Waals surface area contributed by atoms with E-state index in [1.807, 2.05) is 0 Å².